The first-order valence-corrected chi connectivity index (χ1v) is 6.69. The third-order valence-corrected chi connectivity index (χ3v) is 3.20. The number of aryl methyl sites for hydroxylation is 1. The second-order valence-corrected chi connectivity index (χ2v) is 5.00. The van der Waals surface area contributed by atoms with Crippen molar-refractivity contribution in [3.05, 3.63) is 29.8 Å². The SMILES string of the molecule is COc1ccc(CCC(=O)NC(CN)C(C)C)cc1. The van der Waals surface area contributed by atoms with Crippen molar-refractivity contribution in [3.63, 3.8) is 0 Å². The van der Waals surface area contributed by atoms with Crippen LogP contribution >= 0.6 is 0 Å². The molecule has 4 nitrogen and oxygen atoms in total. The van der Waals surface area contributed by atoms with E-state index in [0.29, 0.717) is 18.9 Å². The van der Waals surface area contributed by atoms with Crippen LogP contribution in [-0.4, -0.2) is 25.6 Å². The van der Waals surface area contributed by atoms with E-state index in [1.807, 2.05) is 24.3 Å². The first-order valence-electron chi connectivity index (χ1n) is 6.69. The van der Waals surface area contributed by atoms with Gasteiger partial charge in [-0.15, -0.1) is 0 Å². The molecule has 0 fully saturated rings. The summed E-state index contributed by atoms with van der Waals surface area (Å²) in [6, 6.07) is 7.83. The van der Waals surface area contributed by atoms with Gasteiger partial charge in [0.25, 0.3) is 0 Å². The molecule has 0 spiro atoms. The van der Waals surface area contributed by atoms with Gasteiger partial charge < -0.3 is 15.8 Å². The summed E-state index contributed by atoms with van der Waals surface area (Å²) in [5.74, 6) is 1.24. The number of amides is 1. The number of carbonyl (C=O) groups is 1. The van der Waals surface area contributed by atoms with Crippen molar-refractivity contribution in [1.82, 2.24) is 5.32 Å². The van der Waals surface area contributed by atoms with Crippen molar-refractivity contribution >= 4 is 5.91 Å². The van der Waals surface area contributed by atoms with E-state index in [9.17, 15) is 4.79 Å². The van der Waals surface area contributed by atoms with Crippen molar-refractivity contribution in [2.75, 3.05) is 13.7 Å². The molecule has 106 valence electrons. The van der Waals surface area contributed by atoms with Crippen LogP contribution in [-0.2, 0) is 11.2 Å². The molecule has 0 bridgehead atoms. The lowest BCUT2D eigenvalue weighted by atomic mass is 10.0. The lowest BCUT2D eigenvalue weighted by Gasteiger charge is -2.20. The summed E-state index contributed by atoms with van der Waals surface area (Å²) >= 11 is 0. The monoisotopic (exact) mass is 264 g/mol. The minimum Gasteiger partial charge on any atom is -0.497 e. The minimum absolute atomic E-state index is 0.0555. The summed E-state index contributed by atoms with van der Waals surface area (Å²) in [5.41, 5.74) is 6.76. The van der Waals surface area contributed by atoms with Crippen molar-refractivity contribution in [3.8, 4) is 5.75 Å². The molecular weight excluding hydrogens is 240 g/mol. The lowest BCUT2D eigenvalue weighted by molar-refractivity contribution is -0.122. The second-order valence-electron chi connectivity index (χ2n) is 5.00. The fourth-order valence-electron chi connectivity index (χ4n) is 1.83. The van der Waals surface area contributed by atoms with Crippen LogP contribution in [0.4, 0.5) is 0 Å². The largest absolute Gasteiger partial charge is 0.497 e. The van der Waals surface area contributed by atoms with E-state index in [4.69, 9.17) is 10.5 Å². The van der Waals surface area contributed by atoms with Gasteiger partial charge in [-0.2, -0.15) is 0 Å². The molecular formula is C15H24N2O2. The Morgan fingerprint density at radius 3 is 2.42 bits per heavy atom. The maximum absolute atomic E-state index is 11.8. The summed E-state index contributed by atoms with van der Waals surface area (Å²) in [5, 5.41) is 2.97. The molecule has 0 radical (unpaired) electrons. The highest BCUT2D eigenvalue weighted by Crippen LogP contribution is 2.12. The number of benzene rings is 1. The molecule has 1 amide bonds. The molecule has 1 rings (SSSR count). The number of methoxy groups -OCH3 is 1. The molecule has 0 aliphatic rings. The molecule has 0 heterocycles. The number of ether oxygens (including phenoxy) is 1. The van der Waals surface area contributed by atoms with Gasteiger partial charge >= 0.3 is 0 Å². The zero-order valence-electron chi connectivity index (χ0n) is 12.0. The van der Waals surface area contributed by atoms with Crippen LogP contribution in [0.3, 0.4) is 0 Å². The van der Waals surface area contributed by atoms with E-state index in [1.54, 1.807) is 7.11 Å². The Bertz CT molecular complexity index is 388. The molecule has 1 aromatic rings. The van der Waals surface area contributed by atoms with Crippen LogP contribution in [0.15, 0.2) is 24.3 Å². The third kappa shape index (κ3) is 5.30. The van der Waals surface area contributed by atoms with Gasteiger partial charge in [-0.3, -0.25) is 4.79 Å². The van der Waals surface area contributed by atoms with E-state index >= 15 is 0 Å². The lowest BCUT2D eigenvalue weighted by Crippen LogP contribution is -2.43. The highest BCUT2D eigenvalue weighted by Gasteiger charge is 2.13. The predicted octanol–water partition coefficient (Wildman–Crippen LogP) is 1.73. The topological polar surface area (TPSA) is 64.3 Å². The molecule has 3 N–H and O–H groups in total. The molecule has 0 saturated carbocycles. The van der Waals surface area contributed by atoms with E-state index in [0.717, 1.165) is 17.7 Å². The number of hydrogen-bond acceptors (Lipinski definition) is 3. The molecule has 1 aromatic carbocycles. The fourth-order valence-corrected chi connectivity index (χ4v) is 1.83. The Balaban J connectivity index is 2.40. The van der Waals surface area contributed by atoms with Gasteiger partial charge in [0.15, 0.2) is 0 Å². The average molecular weight is 264 g/mol. The summed E-state index contributed by atoms with van der Waals surface area (Å²) < 4.78 is 5.10. The molecule has 0 aliphatic carbocycles. The average Bonchev–Trinajstić information content (AvgIpc) is 2.42. The Labute approximate surface area is 115 Å². The fraction of sp³-hybridized carbons (Fsp3) is 0.533. The van der Waals surface area contributed by atoms with Gasteiger partial charge in [-0.1, -0.05) is 26.0 Å². The highest BCUT2D eigenvalue weighted by molar-refractivity contribution is 5.76. The maximum Gasteiger partial charge on any atom is 0.220 e. The number of nitrogens with one attached hydrogen (secondary N) is 1. The highest BCUT2D eigenvalue weighted by atomic mass is 16.5. The van der Waals surface area contributed by atoms with Crippen molar-refractivity contribution in [1.29, 1.82) is 0 Å². The van der Waals surface area contributed by atoms with Crippen LogP contribution in [0.2, 0.25) is 0 Å². The first-order chi connectivity index (χ1) is 9.06. The van der Waals surface area contributed by atoms with Gasteiger partial charge in [-0.05, 0) is 30.0 Å². The van der Waals surface area contributed by atoms with Crippen molar-refractivity contribution in [2.45, 2.75) is 32.7 Å². The van der Waals surface area contributed by atoms with Gasteiger partial charge in [0, 0.05) is 19.0 Å². The number of hydrogen-bond donors (Lipinski definition) is 2. The number of nitrogens with two attached hydrogens (primary N) is 1. The summed E-state index contributed by atoms with van der Waals surface area (Å²) in [6.07, 6.45) is 1.21. The third-order valence-electron chi connectivity index (χ3n) is 3.20. The number of rotatable bonds is 7. The van der Waals surface area contributed by atoms with Crippen LogP contribution in [0.1, 0.15) is 25.8 Å². The first kappa shape index (κ1) is 15.5. The zero-order valence-corrected chi connectivity index (χ0v) is 12.0. The smallest absolute Gasteiger partial charge is 0.220 e. The Kier molecular flexibility index (Phi) is 6.36. The maximum atomic E-state index is 11.8. The van der Waals surface area contributed by atoms with Gasteiger partial charge in [0.1, 0.15) is 5.75 Å². The Hall–Kier alpha value is -1.55. The second kappa shape index (κ2) is 7.79. The molecule has 0 saturated heterocycles. The van der Waals surface area contributed by atoms with E-state index in [-0.39, 0.29) is 11.9 Å². The summed E-state index contributed by atoms with van der Waals surface area (Å²) in [4.78, 5) is 11.8. The van der Waals surface area contributed by atoms with E-state index < -0.39 is 0 Å². The molecule has 4 heteroatoms. The minimum atomic E-state index is 0.0555. The van der Waals surface area contributed by atoms with Crippen molar-refractivity contribution < 1.29 is 9.53 Å². The zero-order chi connectivity index (χ0) is 14.3. The van der Waals surface area contributed by atoms with Gasteiger partial charge in [0.2, 0.25) is 5.91 Å². The predicted molar refractivity (Wildman–Crippen MR) is 77.1 cm³/mol. The number of carbonyl (C=O) groups excluding carboxylic acids is 1. The summed E-state index contributed by atoms with van der Waals surface area (Å²) in [7, 11) is 1.64. The van der Waals surface area contributed by atoms with Gasteiger partial charge in [-0.25, -0.2) is 0 Å². The summed E-state index contributed by atoms with van der Waals surface area (Å²) in [6.45, 7) is 4.59. The molecule has 0 aliphatic heterocycles. The molecule has 0 aromatic heterocycles. The Morgan fingerprint density at radius 1 is 1.32 bits per heavy atom. The normalized spacial score (nSPS) is 12.3. The van der Waals surface area contributed by atoms with Crippen molar-refractivity contribution in [2.24, 2.45) is 11.7 Å². The molecule has 19 heavy (non-hydrogen) atoms. The molecule has 1 unspecified atom stereocenters. The van der Waals surface area contributed by atoms with Crippen LogP contribution in [0.5, 0.6) is 5.75 Å². The van der Waals surface area contributed by atoms with Crippen LogP contribution in [0, 0.1) is 5.92 Å². The molecule has 1 atom stereocenters. The van der Waals surface area contributed by atoms with Crippen LogP contribution in [0.25, 0.3) is 0 Å². The standard InChI is InChI=1S/C15H24N2O2/c1-11(2)14(10-16)17-15(18)9-6-12-4-7-13(19-3)8-5-12/h4-5,7-8,11,14H,6,9-10,16H2,1-3H3,(H,17,18). The quantitative estimate of drug-likeness (QED) is 0.788. The van der Waals surface area contributed by atoms with E-state index in [2.05, 4.69) is 19.2 Å². The Morgan fingerprint density at radius 2 is 1.95 bits per heavy atom. The van der Waals surface area contributed by atoms with E-state index in [1.165, 1.54) is 0 Å². The van der Waals surface area contributed by atoms with Crippen LogP contribution < -0.4 is 15.8 Å². The van der Waals surface area contributed by atoms with Gasteiger partial charge in [0.05, 0.1) is 7.11 Å².